The summed E-state index contributed by atoms with van der Waals surface area (Å²) < 4.78 is 13.7. The molecule has 4 nitrogen and oxygen atoms in total. The van der Waals surface area contributed by atoms with Crippen molar-refractivity contribution >= 4 is 11.6 Å². The van der Waals surface area contributed by atoms with E-state index in [4.69, 9.17) is 5.73 Å². The molecule has 0 aromatic heterocycles. The molecule has 0 bridgehead atoms. The van der Waals surface area contributed by atoms with Crippen LogP contribution >= 0.6 is 0 Å². The normalized spacial score (nSPS) is 19.6. The highest BCUT2D eigenvalue weighted by Crippen LogP contribution is 2.18. The molecule has 1 aromatic rings. The Hall–Kier alpha value is -1.62. The number of halogens is 1. The van der Waals surface area contributed by atoms with Gasteiger partial charge in [0.25, 0.3) is 5.91 Å². The number of hydrogen-bond acceptors (Lipinski definition) is 3. The van der Waals surface area contributed by atoms with Crippen LogP contribution < -0.4 is 5.73 Å². The number of benzene rings is 1. The van der Waals surface area contributed by atoms with E-state index in [1.807, 2.05) is 0 Å². The van der Waals surface area contributed by atoms with Gasteiger partial charge in [0, 0.05) is 25.8 Å². The van der Waals surface area contributed by atoms with Gasteiger partial charge in [-0.15, -0.1) is 0 Å². The third-order valence-corrected chi connectivity index (χ3v) is 3.59. The maximum atomic E-state index is 13.7. The van der Waals surface area contributed by atoms with Crippen LogP contribution in [0, 0.1) is 11.7 Å². The summed E-state index contributed by atoms with van der Waals surface area (Å²) >= 11 is 0. The van der Waals surface area contributed by atoms with Gasteiger partial charge >= 0.3 is 0 Å². The Kier molecular flexibility index (Phi) is 4.04. The second-order valence-electron chi connectivity index (χ2n) is 5.34. The third-order valence-electron chi connectivity index (χ3n) is 3.59. The summed E-state index contributed by atoms with van der Waals surface area (Å²) in [5, 5.41) is 0. The molecule has 1 heterocycles. The largest absolute Gasteiger partial charge is 0.399 e. The molecule has 1 amide bonds. The molecule has 1 aromatic carbocycles. The predicted octanol–water partition coefficient (Wildman–Crippen LogP) is 1.43. The lowest BCUT2D eigenvalue weighted by Crippen LogP contribution is -2.33. The Balaban J connectivity index is 2.02. The molecule has 1 atom stereocenters. The highest BCUT2D eigenvalue weighted by Gasteiger charge is 2.24. The van der Waals surface area contributed by atoms with Gasteiger partial charge in [0.15, 0.2) is 0 Å². The van der Waals surface area contributed by atoms with Crippen molar-refractivity contribution in [1.82, 2.24) is 9.80 Å². The minimum Gasteiger partial charge on any atom is -0.399 e. The number of carbonyl (C=O) groups excluding carboxylic acids is 1. The van der Waals surface area contributed by atoms with Crippen LogP contribution in [-0.2, 0) is 0 Å². The standard InChI is InChI=1S/C14H20FN3O/c1-17-6-5-10(8-17)9-18(2)14(19)12-4-3-11(16)7-13(12)15/h3-4,7,10H,5-6,8-9,16H2,1-2H3. The first kappa shape index (κ1) is 13.8. The van der Waals surface area contributed by atoms with Crippen molar-refractivity contribution in [3.05, 3.63) is 29.6 Å². The number of amides is 1. The summed E-state index contributed by atoms with van der Waals surface area (Å²) in [6.07, 6.45) is 1.08. The van der Waals surface area contributed by atoms with E-state index in [1.165, 1.54) is 12.1 Å². The van der Waals surface area contributed by atoms with Gasteiger partial charge in [-0.1, -0.05) is 0 Å². The van der Waals surface area contributed by atoms with Crippen LogP contribution in [0.4, 0.5) is 10.1 Å². The van der Waals surface area contributed by atoms with Crippen molar-refractivity contribution in [1.29, 1.82) is 0 Å². The van der Waals surface area contributed by atoms with Gasteiger partial charge < -0.3 is 15.5 Å². The van der Waals surface area contributed by atoms with Crippen LogP contribution in [0.2, 0.25) is 0 Å². The average Bonchev–Trinajstić information content (AvgIpc) is 2.74. The van der Waals surface area contributed by atoms with Gasteiger partial charge in [-0.2, -0.15) is 0 Å². The Bertz CT molecular complexity index is 478. The Labute approximate surface area is 113 Å². The molecule has 0 saturated carbocycles. The lowest BCUT2D eigenvalue weighted by Gasteiger charge is -2.21. The molecule has 5 heteroatoms. The summed E-state index contributed by atoms with van der Waals surface area (Å²) in [5.74, 6) is -0.372. The molecule has 1 fully saturated rings. The topological polar surface area (TPSA) is 49.6 Å². The quantitative estimate of drug-likeness (QED) is 0.841. The maximum absolute atomic E-state index is 13.7. The van der Waals surface area contributed by atoms with E-state index in [9.17, 15) is 9.18 Å². The summed E-state index contributed by atoms with van der Waals surface area (Å²) in [6.45, 7) is 2.71. The number of nitrogens with zero attached hydrogens (tertiary/aromatic N) is 2. The number of carbonyl (C=O) groups is 1. The molecular formula is C14H20FN3O. The smallest absolute Gasteiger partial charge is 0.256 e. The van der Waals surface area contributed by atoms with Crippen molar-refractivity contribution in [3.63, 3.8) is 0 Å². The molecule has 0 radical (unpaired) electrons. The van der Waals surface area contributed by atoms with Crippen LogP contribution in [0.1, 0.15) is 16.8 Å². The number of nitrogens with two attached hydrogens (primary N) is 1. The minimum absolute atomic E-state index is 0.0862. The third kappa shape index (κ3) is 3.23. The van der Waals surface area contributed by atoms with Gasteiger partial charge in [-0.25, -0.2) is 4.39 Å². The fourth-order valence-electron chi connectivity index (χ4n) is 2.56. The summed E-state index contributed by atoms with van der Waals surface area (Å²) in [6, 6.07) is 4.18. The first-order valence-electron chi connectivity index (χ1n) is 6.46. The first-order chi connectivity index (χ1) is 8.97. The van der Waals surface area contributed by atoms with Crippen molar-refractivity contribution < 1.29 is 9.18 Å². The molecular weight excluding hydrogens is 245 g/mol. The zero-order valence-corrected chi connectivity index (χ0v) is 11.4. The molecule has 1 saturated heterocycles. The van der Waals surface area contributed by atoms with Gasteiger partial charge in [-0.05, 0) is 44.1 Å². The second kappa shape index (κ2) is 5.57. The Morgan fingerprint density at radius 3 is 2.89 bits per heavy atom. The van der Waals surface area contributed by atoms with Crippen LogP contribution in [-0.4, -0.2) is 49.4 Å². The number of hydrogen-bond donors (Lipinski definition) is 1. The molecule has 1 aliphatic rings. The van der Waals surface area contributed by atoms with Crippen LogP contribution in [0.25, 0.3) is 0 Å². The summed E-state index contributed by atoms with van der Waals surface area (Å²) in [7, 11) is 3.79. The average molecular weight is 265 g/mol. The number of likely N-dealkylation sites (tertiary alicyclic amines) is 1. The lowest BCUT2D eigenvalue weighted by molar-refractivity contribution is 0.0769. The lowest BCUT2D eigenvalue weighted by atomic mass is 10.1. The molecule has 0 spiro atoms. The van der Waals surface area contributed by atoms with Crippen molar-refractivity contribution in [2.45, 2.75) is 6.42 Å². The Morgan fingerprint density at radius 2 is 2.32 bits per heavy atom. The SMILES string of the molecule is CN1CCC(CN(C)C(=O)c2ccc(N)cc2F)C1. The van der Waals surface area contributed by atoms with E-state index in [1.54, 1.807) is 18.0 Å². The maximum Gasteiger partial charge on any atom is 0.256 e. The predicted molar refractivity (Wildman–Crippen MR) is 73.4 cm³/mol. The number of nitrogen functional groups attached to an aromatic ring is 1. The fourth-order valence-corrected chi connectivity index (χ4v) is 2.56. The first-order valence-corrected chi connectivity index (χ1v) is 6.46. The molecule has 104 valence electrons. The zero-order valence-electron chi connectivity index (χ0n) is 11.4. The Morgan fingerprint density at radius 1 is 1.58 bits per heavy atom. The number of anilines is 1. The van der Waals surface area contributed by atoms with Crippen molar-refractivity contribution in [3.8, 4) is 0 Å². The van der Waals surface area contributed by atoms with E-state index < -0.39 is 5.82 Å². The highest BCUT2D eigenvalue weighted by molar-refractivity contribution is 5.94. The van der Waals surface area contributed by atoms with E-state index in [0.29, 0.717) is 18.2 Å². The second-order valence-corrected chi connectivity index (χ2v) is 5.34. The molecule has 1 aliphatic heterocycles. The molecule has 19 heavy (non-hydrogen) atoms. The van der Waals surface area contributed by atoms with Gasteiger partial charge in [-0.3, -0.25) is 4.79 Å². The minimum atomic E-state index is -0.555. The number of rotatable bonds is 3. The van der Waals surface area contributed by atoms with E-state index in [-0.39, 0.29) is 11.5 Å². The van der Waals surface area contributed by atoms with Gasteiger partial charge in [0.05, 0.1) is 5.56 Å². The van der Waals surface area contributed by atoms with Crippen LogP contribution in [0.15, 0.2) is 18.2 Å². The zero-order chi connectivity index (χ0) is 14.0. The molecule has 0 aliphatic carbocycles. The van der Waals surface area contributed by atoms with E-state index in [0.717, 1.165) is 19.5 Å². The molecule has 2 N–H and O–H groups in total. The fraction of sp³-hybridized carbons (Fsp3) is 0.500. The van der Waals surface area contributed by atoms with E-state index >= 15 is 0 Å². The molecule has 1 unspecified atom stereocenters. The van der Waals surface area contributed by atoms with Crippen molar-refractivity contribution in [2.75, 3.05) is 39.5 Å². The molecule has 2 rings (SSSR count). The van der Waals surface area contributed by atoms with Gasteiger partial charge in [0.1, 0.15) is 5.82 Å². The van der Waals surface area contributed by atoms with Crippen molar-refractivity contribution in [2.24, 2.45) is 5.92 Å². The van der Waals surface area contributed by atoms with Crippen LogP contribution in [0.5, 0.6) is 0 Å². The monoisotopic (exact) mass is 265 g/mol. The van der Waals surface area contributed by atoms with Crippen LogP contribution in [0.3, 0.4) is 0 Å². The summed E-state index contributed by atoms with van der Waals surface area (Å²) in [5.41, 5.74) is 5.89. The highest BCUT2D eigenvalue weighted by atomic mass is 19.1. The van der Waals surface area contributed by atoms with Gasteiger partial charge in [0.2, 0.25) is 0 Å². The summed E-state index contributed by atoms with van der Waals surface area (Å²) in [4.78, 5) is 16.0. The van der Waals surface area contributed by atoms with E-state index in [2.05, 4.69) is 11.9 Å².